The maximum absolute atomic E-state index is 12.3. The second kappa shape index (κ2) is 5.33. The molecule has 3 fully saturated rings. The molecule has 3 nitrogen and oxygen atoms in total. The van der Waals surface area contributed by atoms with Crippen LogP contribution in [0.4, 0.5) is 0 Å². The maximum Gasteiger partial charge on any atom is 0.312 e. The summed E-state index contributed by atoms with van der Waals surface area (Å²) in [6, 6.07) is 9.87. The Morgan fingerprint density at radius 1 is 1.32 bits per heavy atom. The number of carbonyl (C=O) groups is 1. The molecule has 1 aliphatic carbocycles. The number of fused-ring (bicyclic) bond motifs is 3. The largest absolute Gasteiger partial charge is 0.457 e. The smallest absolute Gasteiger partial charge is 0.312 e. The highest BCUT2D eigenvalue weighted by Gasteiger charge is 2.41. The van der Waals surface area contributed by atoms with Crippen LogP contribution >= 0.6 is 0 Å². The Balaban J connectivity index is 1.62. The molecule has 2 bridgehead atoms. The first-order valence-corrected chi connectivity index (χ1v) is 7.11. The molecular formula is C16H20O3. The van der Waals surface area contributed by atoms with E-state index >= 15 is 0 Å². The predicted octanol–water partition coefficient (Wildman–Crippen LogP) is 3.11. The molecule has 0 unspecified atom stereocenters. The lowest BCUT2D eigenvalue weighted by Gasteiger charge is -2.41. The third kappa shape index (κ3) is 2.66. The average Bonchev–Trinajstić information content (AvgIpc) is 2.49. The van der Waals surface area contributed by atoms with Crippen LogP contribution in [0, 0.1) is 11.8 Å². The van der Waals surface area contributed by atoms with Crippen LogP contribution in [-0.2, 0) is 14.3 Å². The molecule has 1 saturated carbocycles. The molecule has 0 radical (unpaired) electrons. The van der Waals surface area contributed by atoms with Crippen LogP contribution in [0.3, 0.4) is 0 Å². The van der Waals surface area contributed by atoms with Crippen LogP contribution in [0.1, 0.15) is 37.9 Å². The molecule has 0 aromatic heterocycles. The summed E-state index contributed by atoms with van der Waals surface area (Å²) >= 11 is 0. The van der Waals surface area contributed by atoms with Crippen LogP contribution in [0.25, 0.3) is 0 Å². The van der Waals surface area contributed by atoms with Gasteiger partial charge in [-0.05, 0) is 37.7 Å². The molecule has 2 aliphatic heterocycles. The minimum absolute atomic E-state index is 0.0568. The van der Waals surface area contributed by atoms with Crippen LogP contribution in [0.5, 0.6) is 0 Å². The van der Waals surface area contributed by atoms with Gasteiger partial charge < -0.3 is 9.47 Å². The first-order chi connectivity index (χ1) is 9.24. The zero-order valence-corrected chi connectivity index (χ0v) is 11.2. The first kappa shape index (κ1) is 12.7. The van der Waals surface area contributed by atoms with E-state index in [1.54, 1.807) is 0 Å². The molecule has 3 aliphatic rings. The molecular weight excluding hydrogens is 240 g/mol. The molecule has 2 heterocycles. The second-order valence-corrected chi connectivity index (χ2v) is 5.65. The lowest BCUT2D eigenvalue weighted by molar-refractivity contribution is -0.172. The normalized spacial score (nSPS) is 30.9. The average molecular weight is 260 g/mol. The Kier molecular flexibility index (Phi) is 3.56. The zero-order valence-electron chi connectivity index (χ0n) is 11.2. The van der Waals surface area contributed by atoms with Gasteiger partial charge in [-0.2, -0.15) is 0 Å². The van der Waals surface area contributed by atoms with Gasteiger partial charge >= 0.3 is 5.97 Å². The summed E-state index contributed by atoms with van der Waals surface area (Å²) in [7, 11) is 0. The lowest BCUT2D eigenvalue weighted by atomic mass is 9.77. The number of carbonyl (C=O) groups excluding carboxylic acids is 1. The zero-order chi connectivity index (χ0) is 13.2. The van der Waals surface area contributed by atoms with Crippen molar-refractivity contribution < 1.29 is 14.3 Å². The van der Waals surface area contributed by atoms with Crippen LogP contribution in [-0.4, -0.2) is 18.7 Å². The van der Waals surface area contributed by atoms with E-state index in [0.29, 0.717) is 5.92 Å². The molecule has 3 heteroatoms. The van der Waals surface area contributed by atoms with Gasteiger partial charge in [0, 0.05) is 6.61 Å². The highest BCUT2D eigenvalue weighted by atomic mass is 16.5. The lowest BCUT2D eigenvalue weighted by Crippen LogP contribution is -2.44. The van der Waals surface area contributed by atoms with E-state index in [9.17, 15) is 4.79 Å². The third-order valence-electron chi connectivity index (χ3n) is 4.31. The van der Waals surface area contributed by atoms with Crippen LogP contribution < -0.4 is 0 Å². The first-order valence-electron chi connectivity index (χ1n) is 7.11. The van der Waals surface area contributed by atoms with Crippen molar-refractivity contribution in [1.29, 1.82) is 0 Å². The summed E-state index contributed by atoms with van der Waals surface area (Å²) in [4.78, 5) is 12.3. The number of hydrogen-bond acceptors (Lipinski definition) is 3. The van der Waals surface area contributed by atoms with E-state index < -0.39 is 0 Å². The highest BCUT2D eigenvalue weighted by Crippen LogP contribution is 2.38. The molecule has 4 rings (SSSR count). The Bertz CT molecular complexity index is 435. The quantitative estimate of drug-likeness (QED) is 0.783. The Morgan fingerprint density at radius 2 is 2.11 bits per heavy atom. The maximum atomic E-state index is 12.3. The van der Waals surface area contributed by atoms with Gasteiger partial charge in [0.05, 0.1) is 12.0 Å². The van der Waals surface area contributed by atoms with Crippen molar-refractivity contribution in [3.05, 3.63) is 35.9 Å². The van der Waals surface area contributed by atoms with Gasteiger partial charge in [0.1, 0.15) is 6.10 Å². The van der Waals surface area contributed by atoms with Crippen LogP contribution in [0.15, 0.2) is 30.3 Å². The van der Waals surface area contributed by atoms with Crippen molar-refractivity contribution >= 4 is 5.97 Å². The minimum Gasteiger partial charge on any atom is -0.457 e. The molecule has 0 spiro atoms. The summed E-state index contributed by atoms with van der Waals surface area (Å²) in [5.74, 6) is 0.402. The fourth-order valence-corrected chi connectivity index (χ4v) is 3.14. The minimum atomic E-state index is -0.186. The van der Waals surface area contributed by atoms with Gasteiger partial charge in [-0.25, -0.2) is 0 Å². The van der Waals surface area contributed by atoms with Crippen molar-refractivity contribution in [2.24, 2.45) is 11.8 Å². The topological polar surface area (TPSA) is 35.5 Å². The molecule has 102 valence electrons. The summed E-state index contributed by atoms with van der Waals surface area (Å²) in [6.07, 6.45) is 3.03. The molecule has 0 amide bonds. The fourth-order valence-electron chi connectivity index (χ4n) is 3.14. The Morgan fingerprint density at radius 3 is 2.68 bits per heavy atom. The van der Waals surface area contributed by atoms with E-state index in [1.165, 1.54) is 6.42 Å². The standard InChI is InChI=1S/C16H20O3/c1-11(13-5-3-2-4-6-13)19-16(17)14-9-12-7-8-15(14)18-10-12/h2-6,11-12,14-15H,7-10H2,1H3/t11-,12+,14+,15-/m0/s1. The van der Waals surface area contributed by atoms with E-state index in [2.05, 4.69) is 0 Å². The number of rotatable bonds is 3. The number of benzene rings is 1. The van der Waals surface area contributed by atoms with E-state index in [-0.39, 0.29) is 24.1 Å². The van der Waals surface area contributed by atoms with Crippen molar-refractivity contribution in [2.75, 3.05) is 6.61 Å². The van der Waals surface area contributed by atoms with E-state index in [0.717, 1.165) is 25.0 Å². The SMILES string of the molecule is C[C@H](OC(=O)[C@@H]1C[C@H]2CC[C@@H]1OC2)c1ccccc1. The summed E-state index contributed by atoms with van der Waals surface area (Å²) in [5, 5.41) is 0. The van der Waals surface area contributed by atoms with Gasteiger partial charge in [0.2, 0.25) is 0 Å². The summed E-state index contributed by atoms with van der Waals surface area (Å²) in [5.41, 5.74) is 1.04. The fraction of sp³-hybridized carbons (Fsp3) is 0.562. The van der Waals surface area contributed by atoms with Gasteiger partial charge in [0.15, 0.2) is 0 Å². The van der Waals surface area contributed by atoms with E-state index in [1.807, 2.05) is 37.3 Å². The predicted molar refractivity (Wildman–Crippen MR) is 71.5 cm³/mol. The molecule has 1 aromatic carbocycles. The molecule has 19 heavy (non-hydrogen) atoms. The molecule has 0 N–H and O–H groups in total. The van der Waals surface area contributed by atoms with Gasteiger partial charge in [-0.3, -0.25) is 4.79 Å². The van der Waals surface area contributed by atoms with Crippen LogP contribution in [0.2, 0.25) is 0 Å². The number of hydrogen-bond donors (Lipinski definition) is 0. The highest BCUT2D eigenvalue weighted by molar-refractivity contribution is 5.73. The molecule has 4 atom stereocenters. The summed E-state index contributed by atoms with van der Waals surface area (Å²) < 4.78 is 11.3. The van der Waals surface area contributed by atoms with Crippen molar-refractivity contribution in [1.82, 2.24) is 0 Å². The monoisotopic (exact) mass is 260 g/mol. The summed E-state index contributed by atoms with van der Waals surface area (Å²) in [6.45, 7) is 2.75. The third-order valence-corrected chi connectivity index (χ3v) is 4.31. The Hall–Kier alpha value is -1.35. The number of ether oxygens (including phenoxy) is 2. The van der Waals surface area contributed by atoms with Gasteiger partial charge in [-0.1, -0.05) is 30.3 Å². The van der Waals surface area contributed by atoms with Crippen molar-refractivity contribution in [2.45, 2.75) is 38.4 Å². The molecule has 1 aromatic rings. The second-order valence-electron chi connectivity index (χ2n) is 5.65. The Labute approximate surface area is 113 Å². The van der Waals surface area contributed by atoms with Gasteiger partial charge in [-0.15, -0.1) is 0 Å². The number of esters is 1. The van der Waals surface area contributed by atoms with Crippen molar-refractivity contribution in [3.8, 4) is 0 Å². The van der Waals surface area contributed by atoms with E-state index in [4.69, 9.17) is 9.47 Å². The van der Waals surface area contributed by atoms with Gasteiger partial charge in [0.25, 0.3) is 0 Å². The molecule has 2 saturated heterocycles. The van der Waals surface area contributed by atoms with Crippen molar-refractivity contribution in [3.63, 3.8) is 0 Å².